The van der Waals surface area contributed by atoms with Gasteiger partial charge in [0.05, 0.1) is 12.7 Å². The zero-order valence-corrected chi connectivity index (χ0v) is 10.2. The second-order valence-electron chi connectivity index (χ2n) is 3.48. The van der Waals surface area contributed by atoms with E-state index in [-0.39, 0.29) is 5.57 Å². The van der Waals surface area contributed by atoms with Gasteiger partial charge in [0.1, 0.15) is 0 Å². The molecule has 0 fully saturated rings. The normalized spacial score (nSPS) is 12.6. The summed E-state index contributed by atoms with van der Waals surface area (Å²) in [4.78, 5) is 23.6. The van der Waals surface area contributed by atoms with Crippen molar-refractivity contribution in [3.8, 4) is 0 Å². The maximum absolute atomic E-state index is 11.2. The largest absolute Gasteiger partial charge is 0.478 e. The number of esters is 1. The minimum atomic E-state index is -1.19. The van der Waals surface area contributed by atoms with E-state index in [1.807, 2.05) is 25.1 Å². The van der Waals surface area contributed by atoms with Crippen molar-refractivity contribution in [2.45, 2.75) is 0 Å². The summed E-state index contributed by atoms with van der Waals surface area (Å²) in [5, 5.41) is 8.56. The molecule has 0 amide bonds. The van der Waals surface area contributed by atoms with Gasteiger partial charge in [0.2, 0.25) is 0 Å². The zero-order valence-electron chi connectivity index (χ0n) is 10.2. The van der Waals surface area contributed by atoms with Crippen LogP contribution in [-0.2, 0) is 14.3 Å². The van der Waals surface area contributed by atoms with Crippen LogP contribution in [0, 0.1) is 0 Å². The Morgan fingerprint density at radius 3 is 2.41 bits per heavy atom. The minimum absolute atomic E-state index is 0.00509. The average molecular weight is 239 g/mol. The van der Waals surface area contributed by atoms with E-state index in [1.54, 1.807) is 12.2 Å². The molecule has 0 aromatic heterocycles. The molecule has 1 N–H and O–H groups in total. The molecule has 0 aromatic rings. The Kier molecular flexibility index (Phi) is 7.38. The van der Waals surface area contributed by atoms with Gasteiger partial charge in [-0.15, -0.1) is 0 Å². The third kappa shape index (κ3) is 7.98. The molecule has 0 unspecified atom stereocenters. The van der Waals surface area contributed by atoms with E-state index in [4.69, 9.17) is 5.11 Å². The summed E-state index contributed by atoms with van der Waals surface area (Å²) in [5.41, 5.74) is -0.00509. The SMILES string of the molecule is COC(=O)C(/C=C/C=C/CN(C)C)=C/C(=O)O. The summed E-state index contributed by atoms with van der Waals surface area (Å²) in [6, 6.07) is 0. The van der Waals surface area contributed by atoms with Crippen molar-refractivity contribution in [1.29, 1.82) is 0 Å². The van der Waals surface area contributed by atoms with E-state index in [1.165, 1.54) is 13.2 Å². The lowest BCUT2D eigenvalue weighted by Crippen LogP contribution is -2.10. The number of ether oxygens (including phenoxy) is 1. The lowest BCUT2D eigenvalue weighted by atomic mass is 10.2. The van der Waals surface area contributed by atoms with E-state index >= 15 is 0 Å². The lowest BCUT2D eigenvalue weighted by molar-refractivity contribution is -0.137. The number of allylic oxidation sites excluding steroid dienone is 2. The van der Waals surface area contributed by atoms with E-state index in [0.29, 0.717) is 0 Å². The maximum Gasteiger partial charge on any atom is 0.338 e. The van der Waals surface area contributed by atoms with Crippen LogP contribution in [0.25, 0.3) is 0 Å². The Balaban J connectivity index is 4.55. The molecule has 17 heavy (non-hydrogen) atoms. The molecule has 0 bridgehead atoms. The number of likely N-dealkylation sites (N-methyl/N-ethyl adjacent to an activating group) is 1. The van der Waals surface area contributed by atoms with Gasteiger partial charge in [0.25, 0.3) is 0 Å². The third-order valence-corrected chi connectivity index (χ3v) is 1.69. The number of carbonyl (C=O) groups is 2. The summed E-state index contributed by atoms with van der Waals surface area (Å²) < 4.78 is 4.45. The zero-order chi connectivity index (χ0) is 13.3. The summed E-state index contributed by atoms with van der Waals surface area (Å²) in [6.45, 7) is 0.764. The summed E-state index contributed by atoms with van der Waals surface area (Å²) >= 11 is 0. The summed E-state index contributed by atoms with van der Waals surface area (Å²) in [6.07, 6.45) is 7.41. The van der Waals surface area contributed by atoms with E-state index in [2.05, 4.69) is 4.74 Å². The average Bonchev–Trinajstić information content (AvgIpc) is 2.25. The molecule has 0 aliphatic rings. The number of carboxylic acid groups (broad SMARTS) is 1. The molecule has 0 saturated carbocycles. The number of hydrogen-bond acceptors (Lipinski definition) is 4. The van der Waals surface area contributed by atoms with Gasteiger partial charge < -0.3 is 14.7 Å². The smallest absolute Gasteiger partial charge is 0.338 e. The second kappa shape index (κ2) is 8.29. The van der Waals surface area contributed by atoms with Crippen LogP contribution in [0.5, 0.6) is 0 Å². The van der Waals surface area contributed by atoms with Gasteiger partial charge in [-0.05, 0) is 20.2 Å². The summed E-state index contributed by atoms with van der Waals surface area (Å²) in [7, 11) is 5.06. The van der Waals surface area contributed by atoms with Crippen LogP contribution in [0.1, 0.15) is 0 Å². The summed E-state index contributed by atoms with van der Waals surface area (Å²) in [5.74, 6) is -1.86. The highest BCUT2D eigenvalue weighted by Gasteiger charge is 2.07. The number of hydrogen-bond donors (Lipinski definition) is 1. The Bertz CT molecular complexity index is 354. The first-order valence-corrected chi connectivity index (χ1v) is 4.98. The fourth-order valence-corrected chi connectivity index (χ4v) is 0.935. The quantitative estimate of drug-likeness (QED) is 0.423. The first kappa shape index (κ1) is 15.1. The van der Waals surface area contributed by atoms with E-state index < -0.39 is 11.9 Å². The van der Waals surface area contributed by atoms with Gasteiger partial charge in [0.15, 0.2) is 0 Å². The Hall–Kier alpha value is -1.88. The highest BCUT2D eigenvalue weighted by atomic mass is 16.5. The molecule has 0 rings (SSSR count). The molecule has 5 heteroatoms. The van der Waals surface area contributed by atoms with Crippen molar-refractivity contribution in [2.75, 3.05) is 27.7 Å². The maximum atomic E-state index is 11.2. The highest BCUT2D eigenvalue weighted by molar-refractivity contribution is 5.98. The van der Waals surface area contributed by atoms with Crippen LogP contribution in [-0.4, -0.2) is 49.7 Å². The number of carbonyl (C=O) groups excluding carboxylic acids is 1. The van der Waals surface area contributed by atoms with Crippen LogP contribution >= 0.6 is 0 Å². The molecule has 0 aliphatic heterocycles. The topological polar surface area (TPSA) is 66.8 Å². The van der Waals surface area contributed by atoms with Crippen molar-refractivity contribution >= 4 is 11.9 Å². The molecule has 0 atom stereocenters. The standard InChI is InChI=1S/C12H17NO4/c1-13(2)8-6-4-5-7-10(9-11(14)15)12(16)17-3/h4-7,9H,8H2,1-3H3,(H,14,15)/b6-4+,7-5+,10-9+. The molecule has 0 aliphatic carbocycles. The number of rotatable bonds is 6. The molecule has 0 saturated heterocycles. The van der Waals surface area contributed by atoms with Gasteiger partial charge in [-0.3, -0.25) is 0 Å². The molecule has 5 nitrogen and oxygen atoms in total. The van der Waals surface area contributed by atoms with E-state index in [9.17, 15) is 9.59 Å². The number of carboxylic acids is 1. The Morgan fingerprint density at radius 2 is 1.94 bits per heavy atom. The van der Waals surface area contributed by atoms with Crippen molar-refractivity contribution in [2.24, 2.45) is 0 Å². The van der Waals surface area contributed by atoms with Crippen LogP contribution in [0.3, 0.4) is 0 Å². The molecular weight excluding hydrogens is 222 g/mol. The molecule has 94 valence electrons. The number of methoxy groups -OCH3 is 1. The monoisotopic (exact) mass is 239 g/mol. The first-order chi connectivity index (χ1) is 7.97. The highest BCUT2D eigenvalue weighted by Crippen LogP contribution is 2.00. The van der Waals surface area contributed by atoms with Gasteiger partial charge in [0, 0.05) is 12.6 Å². The third-order valence-electron chi connectivity index (χ3n) is 1.69. The predicted molar refractivity (Wildman–Crippen MR) is 64.6 cm³/mol. The molecule has 0 radical (unpaired) electrons. The fraction of sp³-hybridized carbons (Fsp3) is 0.333. The first-order valence-electron chi connectivity index (χ1n) is 4.98. The van der Waals surface area contributed by atoms with Crippen molar-refractivity contribution in [1.82, 2.24) is 4.90 Å². The second-order valence-corrected chi connectivity index (χ2v) is 3.48. The molecule has 0 heterocycles. The lowest BCUT2D eigenvalue weighted by Gasteiger charge is -2.02. The van der Waals surface area contributed by atoms with Crippen LogP contribution in [0.15, 0.2) is 36.0 Å². The molecular formula is C12H17NO4. The van der Waals surface area contributed by atoms with Crippen LogP contribution < -0.4 is 0 Å². The van der Waals surface area contributed by atoms with Crippen molar-refractivity contribution in [3.63, 3.8) is 0 Å². The van der Waals surface area contributed by atoms with Crippen LogP contribution in [0.4, 0.5) is 0 Å². The number of aliphatic carboxylic acids is 1. The van der Waals surface area contributed by atoms with Crippen molar-refractivity contribution < 1.29 is 19.4 Å². The van der Waals surface area contributed by atoms with Gasteiger partial charge >= 0.3 is 11.9 Å². The van der Waals surface area contributed by atoms with E-state index in [0.717, 1.165) is 12.6 Å². The van der Waals surface area contributed by atoms with Crippen LogP contribution in [0.2, 0.25) is 0 Å². The molecule has 0 spiro atoms. The van der Waals surface area contributed by atoms with Gasteiger partial charge in [-0.2, -0.15) is 0 Å². The molecule has 0 aromatic carbocycles. The van der Waals surface area contributed by atoms with Crippen molar-refractivity contribution in [3.05, 3.63) is 36.0 Å². The minimum Gasteiger partial charge on any atom is -0.478 e. The predicted octanol–water partition coefficient (Wildman–Crippen LogP) is 0.844. The fourth-order valence-electron chi connectivity index (χ4n) is 0.935. The Morgan fingerprint density at radius 1 is 1.29 bits per heavy atom. The van der Waals surface area contributed by atoms with Gasteiger partial charge in [-0.25, -0.2) is 9.59 Å². The Labute approximate surface area is 101 Å². The number of nitrogens with zero attached hydrogens (tertiary/aromatic N) is 1. The van der Waals surface area contributed by atoms with Gasteiger partial charge in [-0.1, -0.05) is 18.2 Å².